The minimum atomic E-state index is -0.712. The van der Waals surface area contributed by atoms with E-state index in [-0.39, 0.29) is 36.4 Å². The molecule has 38 heavy (non-hydrogen) atoms. The number of phenols is 2. The molecule has 0 aliphatic carbocycles. The van der Waals surface area contributed by atoms with Crippen molar-refractivity contribution in [2.75, 3.05) is 32.8 Å². The van der Waals surface area contributed by atoms with E-state index in [1.54, 1.807) is 17.9 Å². The van der Waals surface area contributed by atoms with E-state index in [0.717, 1.165) is 31.7 Å². The lowest BCUT2D eigenvalue weighted by molar-refractivity contribution is -0.137. The number of benzene rings is 1. The number of fused-ring (bicyclic) bond motifs is 1. The molecule has 1 saturated heterocycles. The molecule has 0 saturated carbocycles. The molecule has 2 atom stereocenters. The number of phenolic OH excluding ortho intramolecular Hbond substituents is 2. The van der Waals surface area contributed by atoms with Gasteiger partial charge in [-0.05, 0) is 63.3 Å². The van der Waals surface area contributed by atoms with Crippen molar-refractivity contribution in [3.05, 3.63) is 47.6 Å². The smallest absolute Gasteiger partial charge is 0.342 e. The summed E-state index contributed by atoms with van der Waals surface area (Å²) < 4.78 is 11.5. The van der Waals surface area contributed by atoms with E-state index in [4.69, 9.17) is 20.0 Å². The number of likely N-dealkylation sites (tertiary alicyclic amines) is 1. The first kappa shape index (κ1) is 29.2. The van der Waals surface area contributed by atoms with Crippen molar-refractivity contribution in [1.82, 2.24) is 4.90 Å². The Kier molecular flexibility index (Phi) is 11.6. The third-order valence-corrected chi connectivity index (χ3v) is 6.32. The van der Waals surface area contributed by atoms with Crippen molar-refractivity contribution in [2.24, 2.45) is 10.9 Å². The van der Waals surface area contributed by atoms with E-state index in [0.29, 0.717) is 50.4 Å². The Morgan fingerprint density at radius 3 is 2.74 bits per heavy atom. The zero-order chi connectivity index (χ0) is 27.3. The lowest BCUT2D eigenvalue weighted by atomic mass is 9.99. The van der Waals surface area contributed by atoms with Crippen LogP contribution in [0.4, 0.5) is 0 Å². The van der Waals surface area contributed by atoms with Crippen LogP contribution < -0.4 is 5.73 Å². The predicted octanol–water partition coefficient (Wildman–Crippen LogP) is 3.21. The summed E-state index contributed by atoms with van der Waals surface area (Å²) in [5.74, 6) is -1.44. The molecular weight excluding hydrogens is 490 g/mol. The van der Waals surface area contributed by atoms with Crippen LogP contribution in [0.3, 0.4) is 0 Å². The fourth-order valence-electron chi connectivity index (χ4n) is 4.34. The molecule has 2 aliphatic heterocycles. The molecule has 1 fully saturated rings. The topological polar surface area (TPSA) is 144 Å². The highest BCUT2D eigenvalue weighted by molar-refractivity contribution is 6.00. The highest BCUT2D eigenvalue weighted by Gasteiger charge is 2.23. The van der Waals surface area contributed by atoms with Gasteiger partial charge < -0.3 is 35.2 Å². The Bertz CT molecular complexity index is 1030. The van der Waals surface area contributed by atoms with Gasteiger partial charge in [0, 0.05) is 38.6 Å². The molecule has 2 aliphatic rings. The fraction of sp³-hybridized carbons (Fsp3) is 0.536. The first-order valence-electron chi connectivity index (χ1n) is 13.2. The summed E-state index contributed by atoms with van der Waals surface area (Å²) in [7, 11) is 0. The van der Waals surface area contributed by atoms with E-state index in [1.165, 1.54) is 6.07 Å². The van der Waals surface area contributed by atoms with Crippen molar-refractivity contribution in [3.63, 3.8) is 0 Å². The molecule has 0 spiro atoms. The maximum absolute atomic E-state index is 13.0. The first-order chi connectivity index (χ1) is 18.4. The van der Waals surface area contributed by atoms with Gasteiger partial charge in [0.15, 0.2) is 6.61 Å². The van der Waals surface area contributed by atoms with Crippen LogP contribution in [0.25, 0.3) is 0 Å². The monoisotopic (exact) mass is 529 g/mol. The Hall–Kier alpha value is -3.37. The van der Waals surface area contributed by atoms with Crippen molar-refractivity contribution in [1.29, 1.82) is 0 Å². The number of hydrogen-bond donors (Lipinski definition) is 3. The highest BCUT2D eigenvalue weighted by Crippen LogP contribution is 2.29. The van der Waals surface area contributed by atoms with Crippen LogP contribution in [0.5, 0.6) is 11.5 Å². The highest BCUT2D eigenvalue weighted by atomic mass is 16.6. The summed E-state index contributed by atoms with van der Waals surface area (Å²) >= 11 is 0. The number of nitrogens with two attached hydrogens (primary N) is 1. The van der Waals surface area contributed by atoms with E-state index < -0.39 is 17.8 Å². The zero-order valence-electron chi connectivity index (χ0n) is 22.0. The lowest BCUT2D eigenvalue weighted by Crippen LogP contribution is -2.37. The van der Waals surface area contributed by atoms with Gasteiger partial charge in [-0.3, -0.25) is 4.79 Å². The minimum Gasteiger partial charge on any atom is -0.508 e. The van der Waals surface area contributed by atoms with E-state index in [1.807, 2.05) is 18.2 Å². The number of aromatic hydroxyl groups is 2. The van der Waals surface area contributed by atoms with Crippen LogP contribution in [-0.4, -0.2) is 77.8 Å². The van der Waals surface area contributed by atoms with Crippen LogP contribution in [0.1, 0.15) is 61.4 Å². The summed E-state index contributed by atoms with van der Waals surface area (Å²) in [5.41, 5.74) is 6.25. The second kappa shape index (κ2) is 15.1. The molecule has 0 bridgehead atoms. The van der Waals surface area contributed by atoms with Crippen molar-refractivity contribution < 1.29 is 34.1 Å². The van der Waals surface area contributed by atoms with Gasteiger partial charge in [0.05, 0.1) is 11.8 Å². The maximum atomic E-state index is 13.0. The molecule has 3 rings (SSSR count). The number of cyclic esters (lactones) is 1. The largest absolute Gasteiger partial charge is 0.508 e. The number of esters is 1. The SMILES string of the molecule is C[C@@H]1C/C=C/[C@@H](OCCCN)C/C=C/C(=N/OCC(=O)N2CCCCC2)Cc2cc(O)cc(O)c2C(=O)O1. The van der Waals surface area contributed by atoms with Crippen molar-refractivity contribution in [2.45, 2.75) is 64.1 Å². The average molecular weight is 530 g/mol. The van der Waals surface area contributed by atoms with Gasteiger partial charge >= 0.3 is 5.97 Å². The number of oxime groups is 1. The van der Waals surface area contributed by atoms with Crippen LogP contribution in [0.15, 0.2) is 41.6 Å². The average Bonchev–Trinajstić information content (AvgIpc) is 2.88. The number of amides is 1. The Morgan fingerprint density at radius 2 is 1.97 bits per heavy atom. The molecule has 1 amide bonds. The van der Waals surface area contributed by atoms with Gasteiger partial charge in [0.2, 0.25) is 0 Å². The second-order valence-corrected chi connectivity index (χ2v) is 9.54. The molecule has 1 aromatic rings. The molecule has 2 heterocycles. The summed E-state index contributed by atoms with van der Waals surface area (Å²) in [6, 6.07) is 2.48. The van der Waals surface area contributed by atoms with Crippen molar-refractivity contribution >= 4 is 17.6 Å². The normalized spacial score (nSPS) is 23.7. The van der Waals surface area contributed by atoms with Gasteiger partial charge in [-0.15, -0.1) is 0 Å². The number of ether oxygens (including phenoxy) is 2. The van der Waals surface area contributed by atoms with Gasteiger partial charge in [-0.2, -0.15) is 0 Å². The number of piperidine rings is 1. The summed E-state index contributed by atoms with van der Waals surface area (Å²) in [6.45, 7) is 4.02. The van der Waals surface area contributed by atoms with Crippen LogP contribution in [0, 0.1) is 0 Å². The number of carbonyl (C=O) groups is 2. The molecule has 10 nitrogen and oxygen atoms in total. The summed E-state index contributed by atoms with van der Waals surface area (Å²) in [5, 5.41) is 24.8. The van der Waals surface area contributed by atoms with Crippen molar-refractivity contribution in [3.8, 4) is 11.5 Å². The van der Waals surface area contributed by atoms with E-state index in [9.17, 15) is 19.8 Å². The quantitative estimate of drug-likeness (QED) is 0.211. The molecule has 0 radical (unpaired) electrons. The molecule has 208 valence electrons. The molecule has 0 unspecified atom stereocenters. The fourth-order valence-corrected chi connectivity index (χ4v) is 4.34. The molecular formula is C28H39N3O7. The molecule has 4 N–H and O–H groups in total. The second-order valence-electron chi connectivity index (χ2n) is 9.54. The third-order valence-electron chi connectivity index (χ3n) is 6.32. The maximum Gasteiger partial charge on any atom is 0.342 e. The molecule has 10 heteroatoms. The van der Waals surface area contributed by atoms with E-state index in [2.05, 4.69) is 5.16 Å². The Morgan fingerprint density at radius 1 is 1.18 bits per heavy atom. The zero-order valence-corrected chi connectivity index (χ0v) is 22.0. The van der Waals surface area contributed by atoms with Gasteiger partial charge in [0.25, 0.3) is 5.91 Å². The van der Waals surface area contributed by atoms with Gasteiger partial charge in [-0.1, -0.05) is 23.4 Å². The Balaban J connectivity index is 1.86. The number of hydrogen-bond acceptors (Lipinski definition) is 9. The number of carbonyl (C=O) groups excluding carboxylic acids is 2. The number of nitrogens with zero attached hydrogens (tertiary/aromatic N) is 2. The first-order valence-corrected chi connectivity index (χ1v) is 13.2. The van der Waals surface area contributed by atoms with Gasteiger partial charge in [-0.25, -0.2) is 4.79 Å². The third kappa shape index (κ3) is 9.18. The lowest BCUT2D eigenvalue weighted by Gasteiger charge is -2.26. The Labute approximate surface area is 223 Å². The van der Waals surface area contributed by atoms with Crippen LogP contribution >= 0.6 is 0 Å². The van der Waals surface area contributed by atoms with E-state index >= 15 is 0 Å². The minimum absolute atomic E-state index is 0.0454. The summed E-state index contributed by atoms with van der Waals surface area (Å²) in [4.78, 5) is 32.7. The molecule has 1 aromatic carbocycles. The van der Waals surface area contributed by atoms with Gasteiger partial charge in [0.1, 0.15) is 23.2 Å². The number of allylic oxidation sites excluding steroid dienone is 1. The predicted molar refractivity (Wildman–Crippen MR) is 143 cm³/mol. The standard InChI is InChI=1S/C28H39N3O7/c1-20-8-5-10-24(36-15-7-12-29)11-6-9-22(30-37-19-26(34)31-13-3-2-4-14-31)16-21-17-23(32)18-25(33)27(21)28(35)38-20/h5-6,9-10,17-18,20,24,32-33H,2-4,7-8,11-16,19,29H2,1H3/b9-6+,10-5+,30-22-/t20-,24-/m1/s1. The molecule has 0 aromatic heterocycles. The summed E-state index contributed by atoms with van der Waals surface area (Å²) in [6.07, 6.45) is 11.6. The van der Waals surface area contributed by atoms with Crippen LogP contribution in [-0.2, 0) is 25.5 Å². The van der Waals surface area contributed by atoms with Crippen LogP contribution in [0.2, 0.25) is 0 Å². The number of rotatable bonds is 7.